The van der Waals surface area contributed by atoms with E-state index in [-0.39, 0.29) is 5.24 Å². The number of benzene rings is 1. The monoisotopic (exact) mass is 380 g/mol. The highest BCUT2D eigenvalue weighted by Crippen LogP contribution is 2.33. The maximum atomic E-state index is 11.6. The summed E-state index contributed by atoms with van der Waals surface area (Å²) in [5.41, 5.74) is 3.47. The first-order chi connectivity index (χ1) is 11.5. The van der Waals surface area contributed by atoms with Crippen LogP contribution in [0.15, 0.2) is 28.6 Å². The molecule has 1 aromatic carbocycles. The number of halogens is 1. The van der Waals surface area contributed by atoms with Gasteiger partial charge in [-0.05, 0) is 36.4 Å². The van der Waals surface area contributed by atoms with Gasteiger partial charge >= 0.3 is 0 Å². The van der Waals surface area contributed by atoms with Crippen molar-refractivity contribution in [3.63, 3.8) is 0 Å². The minimum absolute atomic E-state index is 0.319. The number of nitrogens with zero attached hydrogens (tertiary/aromatic N) is 1. The van der Waals surface area contributed by atoms with Crippen LogP contribution in [0.3, 0.4) is 0 Å². The third kappa shape index (κ3) is 3.80. The lowest BCUT2D eigenvalue weighted by Gasteiger charge is -2.09. The first-order valence-corrected chi connectivity index (χ1v) is 9.17. The molecule has 1 aromatic heterocycles. The molecule has 0 radical (unpaired) electrons. The van der Waals surface area contributed by atoms with E-state index in [1.165, 1.54) is 4.88 Å². The third-order valence-electron chi connectivity index (χ3n) is 3.35. The van der Waals surface area contributed by atoms with E-state index in [1.54, 1.807) is 35.6 Å². The van der Waals surface area contributed by atoms with E-state index in [0.29, 0.717) is 27.8 Å². The molecule has 5 nitrogen and oxygen atoms in total. The Bertz CT molecular complexity index is 832. The smallest absolute Gasteiger partial charge is 0.290 e. The molecule has 2 amide bonds. The predicted molar refractivity (Wildman–Crippen MR) is 96.6 cm³/mol. The number of imide groups is 1. The van der Waals surface area contributed by atoms with Gasteiger partial charge in [0.25, 0.3) is 11.1 Å². The highest BCUT2D eigenvalue weighted by molar-refractivity contribution is 8.18. The summed E-state index contributed by atoms with van der Waals surface area (Å²) in [7, 11) is 0. The van der Waals surface area contributed by atoms with Crippen molar-refractivity contribution in [3.05, 3.63) is 49.8 Å². The summed E-state index contributed by atoms with van der Waals surface area (Å²) >= 11 is 8.82. The molecule has 2 heterocycles. The molecule has 24 heavy (non-hydrogen) atoms. The summed E-state index contributed by atoms with van der Waals surface area (Å²) < 4.78 is 5.76. The number of aromatic nitrogens is 1. The molecule has 0 aliphatic carbocycles. The largest absolute Gasteiger partial charge is 0.492 e. The van der Waals surface area contributed by atoms with Crippen LogP contribution in [-0.2, 0) is 11.2 Å². The lowest BCUT2D eigenvalue weighted by atomic mass is 10.2. The molecule has 2 aromatic rings. The Morgan fingerprint density at radius 3 is 2.88 bits per heavy atom. The highest BCUT2D eigenvalue weighted by atomic mass is 35.5. The van der Waals surface area contributed by atoms with Crippen LogP contribution < -0.4 is 10.1 Å². The summed E-state index contributed by atoms with van der Waals surface area (Å²) in [4.78, 5) is 28.5. The third-order valence-corrected chi connectivity index (χ3v) is 5.56. The Hall–Kier alpha value is -1.83. The van der Waals surface area contributed by atoms with Crippen molar-refractivity contribution < 1.29 is 14.3 Å². The fourth-order valence-corrected chi connectivity index (χ4v) is 3.80. The zero-order valence-corrected chi connectivity index (χ0v) is 15.1. The molecular formula is C16H13ClN2O3S2. The van der Waals surface area contributed by atoms with Gasteiger partial charge in [0.1, 0.15) is 5.75 Å². The van der Waals surface area contributed by atoms with Gasteiger partial charge < -0.3 is 4.74 Å². The molecule has 0 atom stereocenters. The molecule has 124 valence electrons. The van der Waals surface area contributed by atoms with Gasteiger partial charge in [0, 0.05) is 11.3 Å². The van der Waals surface area contributed by atoms with Crippen LogP contribution in [0.1, 0.15) is 16.1 Å². The van der Waals surface area contributed by atoms with E-state index in [4.69, 9.17) is 16.3 Å². The van der Waals surface area contributed by atoms with E-state index in [9.17, 15) is 9.59 Å². The second-order valence-corrected chi connectivity index (χ2v) is 7.30. The summed E-state index contributed by atoms with van der Waals surface area (Å²) in [6.07, 6.45) is 2.35. The van der Waals surface area contributed by atoms with Crippen LogP contribution in [0.25, 0.3) is 6.08 Å². The van der Waals surface area contributed by atoms with E-state index in [0.717, 1.165) is 23.9 Å². The predicted octanol–water partition coefficient (Wildman–Crippen LogP) is 4.05. The van der Waals surface area contributed by atoms with Gasteiger partial charge in [-0.2, -0.15) is 0 Å². The normalized spacial score (nSPS) is 15.8. The van der Waals surface area contributed by atoms with Gasteiger partial charge in [0.15, 0.2) is 0 Å². The summed E-state index contributed by atoms with van der Waals surface area (Å²) in [5.74, 6) is 0.135. The summed E-state index contributed by atoms with van der Waals surface area (Å²) in [5, 5.41) is 2.25. The van der Waals surface area contributed by atoms with E-state index in [1.807, 2.05) is 12.4 Å². The van der Waals surface area contributed by atoms with E-state index in [2.05, 4.69) is 10.3 Å². The molecule has 8 heteroatoms. The zero-order valence-electron chi connectivity index (χ0n) is 12.7. The number of aryl methyl sites for hydroxylation is 1. The maximum absolute atomic E-state index is 11.6. The fourth-order valence-electron chi connectivity index (χ4n) is 2.13. The van der Waals surface area contributed by atoms with Crippen LogP contribution in [-0.4, -0.2) is 22.7 Å². The topological polar surface area (TPSA) is 68.3 Å². The Kier molecular flexibility index (Phi) is 5.23. The Morgan fingerprint density at radius 1 is 1.38 bits per heavy atom. The molecule has 0 spiro atoms. The number of hydrogen-bond donors (Lipinski definition) is 1. The molecule has 1 N–H and O–H groups in total. The van der Waals surface area contributed by atoms with Crippen molar-refractivity contribution in [2.75, 3.05) is 6.61 Å². The minimum Gasteiger partial charge on any atom is -0.492 e. The highest BCUT2D eigenvalue weighted by Gasteiger charge is 2.25. The molecule has 1 aliphatic rings. The number of thioether (sulfide) groups is 1. The second kappa shape index (κ2) is 7.38. The van der Waals surface area contributed by atoms with Crippen molar-refractivity contribution in [3.8, 4) is 5.75 Å². The Balaban J connectivity index is 1.71. The summed E-state index contributed by atoms with van der Waals surface area (Å²) in [6.45, 7) is 2.45. The quantitative estimate of drug-likeness (QED) is 0.792. The van der Waals surface area contributed by atoms with Crippen molar-refractivity contribution in [2.24, 2.45) is 0 Å². The van der Waals surface area contributed by atoms with Gasteiger partial charge in [-0.15, -0.1) is 11.3 Å². The SMILES string of the molecule is Cc1ncsc1CCOc1cccc(C=C2SC(=O)NC2=O)c1Cl. The second-order valence-electron chi connectivity index (χ2n) is 4.97. The number of rotatable bonds is 5. The standard InChI is InChI=1S/C16H13ClN2O3S2/c1-9-12(23-8-18-9)5-6-22-11-4-2-3-10(14(11)17)7-13-15(20)19-16(21)24-13/h2-4,7-8H,5-6H2,1H3,(H,19,20,21). The zero-order chi connectivity index (χ0) is 17.1. The van der Waals surface area contributed by atoms with Crippen LogP contribution in [0.4, 0.5) is 4.79 Å². The molecule has 0 bridgehead atoms. The maximum Gasteiger partial charge on any atom is 0.290 e. The Labute approximate surface area is 152 Å². The lowest BCUT2D eigenvalue weighted by Crippen LogP contribution is -2.17. The molecule has 3 rings (SSSR count). The average Bonchev–Trinajstić information content (AvgIpc) is 3.08. The van der Waals surface area contributed by atoms with Gasteiger partial charge in [0.2, 0.25) is 0 Å². The number of nitrogens with one attached hydrogen (secondary N) is 1. The number of carbonyl (C=O) groups excluding carboxylic acids is 2. The minimum atomic E-state index is -0.409. The van der Waals surface area contributed by atoms with E-state index >= 15 is 0 Å². The van der Waals surface area contributed by atoms with Crippen LogP contribution in [0.5, 0.6) is 5.75 Å². The molecule has 1 aliphatic heterocycles. The fraction of sp³-hybridized carbons (Fsp3) is 0.188. The van der Waals surface area contributed by atoms with Gasteiger partial charge in [-0.1, -0.05) is 23.7 Å². The molecule has 0 saturated carbocycles. The first-order valence-electron chi connectivity index (χ1n) is 7.09. The number of thiazole rings is 1. The molecule has 0 unspecified atom stereocenters. The van der Waals surface area contributed by atoms with Gasteiger partial charge in [-0.3, -0.25) is 14.9 Å². The van der Waals surface area contributed by atoms with Crippen LogP contribution >= 0.6 is 34.7 Å². The molecule has 1 saturated heterocycles. The van der Waals surface area contributed by atoms with Crippen molar-refractivity contribution in [1.29, 1.82) is 0 Å². The number of ether oxygens (including phenoxy) is 1. The average molecular weight is 381 g/mol. The van der Waals surface area contributed by atoms with Crippen molar-refractivity contribution in [1.82, 2.24) is 10.3 Å². The molecule has 1 fully saturated rings. The first kappa shape index (κ1) is 17.0. The number of carbonyl (C=O) groups is 2. The van der Waals surface area contributed by atoms with Crippen LogP contribution in [0.2, 0.25) is 5.02 Å². The van der Waals surface area contributed by atoms with Gasteiger partial charge in [-0.25, -0.2) is 4.98 Å². The van der Waals surface area contributed by atoms with E-state index < -0.39 is 5.91 Å². The number of amides is 2. The Morgan fingerprint density at radius 2 is 2.21 bits per heavy atom. The van der Waals surface area contributed by atoms with Crippen molar-refractivity contribution in [2.45, 2.75) is 13.3 Å². The van der Waals surface area contributed by atoms with Gasteiger partial charge in [0.05, 0.1) is 27.7 Å². The van der Waals surface area contributed by atoms with Crippen molar-refractivity contribution >= 4 is 51.9 Å². The summed E-state index contributed by atoms with van der Waals surface area (Å²) in [6, 6.07) is 5.34. The number of hydrogen-bond acceptors (Lipinski definition) is 6. The lowest BCUT2D eigenvalue weighted by molar-refractivity contribution is -0.115. The van der Waals surface area contributed by atoms with Crippen LogP contribution in [0, 0.1) is 6.92 Å². The molecular weight excluding hydrogens is 368 g/mol.